The van der Waals surface area contributed by atoms with Crippen LogP contribution < -0.4 is 5.73 Å². The van der Waals surface area contributed by atoms with Gasteiger partial charge in [-0.05, 0) is 69.1 Å². The fourth-order valence-electron chi connectivity index (χ4n) is 4.00. The van der Waals surface area contributed by atoms with Crippen LogP contribution in [-0.4, -0.2) is 29.9 Å². The van der Waals surface area contributed by atoms with E-state index in [9.17, 15) is 4.79 Å². The quantitative estimate of drug-likeness (QED) is 0.861. The summed E-state index contributed by atoms with van der Waals surface area (Å²) in [6.45, 7) is 6.60. The monoisotopic (exact) mass is 294 g/mol. The molecule has 1 atom stereocenters. The smallest absolute Gasteiger partial charge is 0.222 e. The third-order valence-electron chi connectivity index (χ3n) is 5.73. The van der Waals surface area contributed by atoms with Crippen molar-refractivity contribution in [1.82, 2.24) is 4.90 Å². The zero-order valence-electron chi connectivity index (χ0n) is 14.0. The van der Waals surface area contributed by atoms with E-state index in [1.807, 2.05) is 0 Å². The van der Waals surface area contributed by atoms with Gasteiger partial charge in [0.05, 0.1) is 0 Å². The van der Waals surface area contributed by atoms with Gasteiger partial charge >= 0.3 is 0 Å². The number of nitrogens with zero attached hydrogens (tertiary/aromatic N) is 1. The summed E-state index contributed by atoms with van der Waals surface area (Å²) in [6, 6.07) is 0.413. The second-order valence-corrected chi connectivity index (χ2v) is 7.64. The number of hydrogen-bond acceptors (Lipinski definition) is 2. The summed E-state index contributed by atoms with van der Waals surface area (Å²) in [5.74, 6) is 2.70. The maximum Gasteiger partial charge on any atom is 0.222 e. The van der Waals surface area contributed by atoms with E-state index < -0.39 is 0 Å². The Morgan fingerprint density at radius 2 is 1.81 bits per heavy atom. The highest BCUT2D eigenvalue weighted by Crippen LogP contribution is 2.28. The van der Waals surface area contributed by atoms with Crippen molar-refractivity contribution in [2.24, 2.45) is 23.5 Å². The predicted molar refractivity (Wildman–Crippen MR) is 87.9 cm³/mol. The molecule has 1 unspecified atom stereocenters. The normalized spacial score (nSPS) is 31.2. The van der Waals surface area contributed by atoms with Crippen LogP contribution in [0.3, 0.4) is 0 Å². The van der Waals surface area contributed by atoms with Crippen LogP contribution in [0, 0.1) is 17.8 Å². The van der Waals surface area contributed by atoms with Crippen LogP contribution in [0.1, 0.15) is 71.6 Å². The van der Waals surface area contributed by atoms with Crippen molar-refractivity contribution >= 4 is 5.91 Å². The highest BCUT2D eigenvalue weighted by atomic mass is 16.2. The first kappa shape index (κ1) is 16.8. The van der Waals surface area contributed by atoms with Gasteiger partial charge in [-0.15, -0.1) is 0 Å². The summed E-state index contributed by atoms with van der Waals surface area (Å²) in [7, 11) is 0. The topological polar surface area (TPSA) is 46.3 Å². The summed E-state index contributed by atoms with van der Waals surface area (Å²) < 4.78 is 0. The summed E-state index contributed by atoms with van der Waals surface area (Å²) in [5.41, 5.74) is 5.95. The first-order chi connectivity index (χ1) is 10.1. The molecule has 0 radical (unpaired) electrons. The van der Waals surface area contributed by atoms with Crippen molar-refractivity contribution < 1.29 is 4.79 Å². The molecule has 0 aromatic heterocycles. The van der Waals surface area contributed by atoms with Gasteiger partial charge in [-0.3, -0.25) is 4.79 Å². The number of hydrogen-bond donors (Lipinski definition) is 1. The lowest BCUT2D eigenvalue weighted by Gasteiger charge is -2.27. The van der Waals surface area contributed by atoms with E-state index in [1.165, 1.54) is 32.1 Å². The van der Waals surface area contributed by atoms with E-state index in [1.54, 1.807) is 0 Å². The van der Waals surface area contributed by atoms with Gasteiger partial charge in [0.2, 0.25) is 5.91 Å². The molecule has 122 valence electrons. The molecule has 0 aromatic rings. The Morgan fingerprint density at radius 1 is 1.10 bits per heavy atom. The number of rotatable bonds is 4. The Morgan fingerprint density at radius 3 is 2.48 bits per heavy atom. The lowest BCUT2D eigenvalue weighted by molar-refractivity contribution is -0.131. The number of carbonyl (C=O) groups is 1. The second kappa shape index (κ2) is 8.17. The molecule has 1 aliphatic carbocycles. The Bertz CT molecular complexity index is 321. The molecule has 3 heteroatoms. The fourth-order valence-corrected chi connectivity index (χ4v) is 4.00. The molecule has 2 aliphatic rings. The van der Waals surface area contributed by atoms with E-state index in [0.29, 0.717) is 11.9 Å². The second-order valence-electron chi connectivity index (χ2n) is 7.64. The highest BCUT2D eigenvalue weighted by molar-refractivity contribution is 5.76. The van der Waals surface area contributed by atoms with Gasteiger partial charge in [0.25, 0.3) is 0 Å². The highest BCUT2D eigenvalue weighted by Gasteiger charge is 2.24. The fraction of sp³-hybridized carbons (Fsp3) is 0.944. The molecule has 2 rings (SSSR count). The third-order valence-corrected chi connectivity index (χ3v) is 5.73. The molecule has 21 heavy (non-hydrogen) atoms. The first-order valence-electron chi connectivity index (χ1n) is 9.09. The SMILES string of the molecule is CC(C)C1CCCN(C(=O)CCC2CCC(N)CC2)CC1. The molecule has 1 saturated carbocycles. The molecule has 0 aromatic carbocycles. The zero-order valence-corrected chi connectivity index (χ0v) is 14.0. The van der Waals surface area contributed by atoms with E-state index in [0.717, 1.165) is 56.5 Å². The molecular weight excluding hydrogens is 260 g/mol. The maximum absolute atomic E-state index is 12.4. The van der Waals surface area contributed by atoms with Gasteiger partial charge in [0, 0.05) is 25.6 Å². The van der Waals surface area contributed by atoms with Crippen LogP contribution in [-0.2, 0) is 4.79 Å². The van der Waals surface area contributed by atoms with Crippen molar-refractivity contribution in [3.63, 3.8) is 0 Å². The van der Waals surface area contributed by atoms with Crippen LogP contribution >= 0.6 is 0 Å². The van der Waals surface area contributed by atoms with E-state index in [-0.39, 0.29) is 0 Å². The summed E-state index contributed by atoms with van der Waals surface area (Å²) >= 11 is 0. The van der Waals surface area contributed by atoms with E-state index in [4.69, 9.17) is 5.73 Å². The zero-order chi connectivity index (χ0) is 15.2. The van der Waals surface area contributed by atoms with Crippen molar-refractivity contribution in [3.05, 3.63) is 0 Å². The molecule has 2 N–H and O–H groups in total. The number of amides is 1. The van der Waals surface area contributed by atoms with Gasteiger partial charge in [0.1, 0.15) is 0 Å². The predicted octanol–water partition coefficient (Wildman–Crippen LogP) is 3.57. The minimum absolute atomic E-state index is 0.397. The summed E-state index contributed by atoms with van der Waals surface area (Å²) in [4.78, 5) is 14.6. The average molecular weight is 294 g/mol. The van der Waals surface area contributed by atoms with Gasteiger partial charge < -0.3 is 10.6 Å². The third kappa shape index (κ3) is 5.28. The molecule has 1 amide bonds. The van der Waals surface area contributed by atoms with E-state index >= 15 is 0 Å². The van der Waals surface area contributed by atoms with Crippen LogP contribution in [0.4, 0.5) is 0 Å². The minimum Gasteiger partial charge on any atom is -0.343 e. The van der Waals surface area contributed by atoms with Crippen LogP contribution in [0.15, 0.2) is 0 Å². The first-order valence-corrected chi connectivity index (χ1v) is 9.09. The lowest BCUT2D eigenvalue weighted by Crippen LogP contribution is -2.33. The largest absolute Gasteiger partial charge is 0.343 e. The van der Waals surface area contributed by atoms with Crippen LogP contribution in [0.5, 0.6) is 0 Å². The van der Waals surface area contributed by atoms with Gasteiger partial charge in [-0.1, -0.05) is 13.8 Å². The maximum atomic E-state index is 12.4. The minimum atomic E-state index is 0.397. The van der Waals surface area contributed by atoms with Crippen LogP contribution in [0.2, 0.25) is 0 Å². The number of likely N-dealkylation sites (tertiary alicyclic amines) is 1. The molecule has 1 heterocycles. The molecule has 1 aliphatic heterocycles. The molecule has 3 nitrogen and oxygen atoms in total. The molecule has 0 spiro atoms. The van der Waals surface area contributed by atoms with Crippen LogP contribution in [0.25, 0.3) is 0 Å². The molecule has 2 fully saturated rings. The molecule has 0 bridgehead atoms. The Hall–Kier alpha value is -0.570. The average Bonchev–Trinajstić information content (AvgIpc) is 2.72. The number of nitrogens with two attached hydrogens (primary N) is 1. The Kier molecular flexibility index (Phi) is 6.53. The van der Waals surface area contributed by atoms with Crippen molar-refractivity contribution in [1.29, 1.82) is 0 Å². The van der Waals surface area contributed by atoms with Gasteiger partial charge in [0.15, 0.2) is 0 Å². The Labute approximate surface area is 130 Å². The summed E-state index contributed by atoms with van der Waals surface area (Å²) in [6.07, 6.45) is 10.3. The van der Waals surface area contributed by atoms with Gasteiger partial charge in [-0.2, -0.15) is 0 Å². The standard InChI is InChI=1S/C18H34N2O/c1-14(2)16-4-3-12-20(13-11-16)18(21)10-7-15-5-8-17(19)9-6-15/h14-17H,3-13,19H2,1-2H3. The van der Waals surface area contributed by atoms with Crippen molar-refractivity contribution in [3.8, 4) is 0 Å². The Balaban J connectivity index is 1.70. The van der Waals surface area contributed by atoms with Crippen molar-refractivity contribution in [2.45, 2.75) is 77.7 Å². The summed E-state index contributed by atoms with van der Waals surface area (Å²) in [5, 5.41) is 0. The molecule has 1 saturated heterocycles. The van der Waals surface area contributed by atoms with Gasteiger partial charge in [-0.25, -0.2) is 0 Å². The van der Waals surface area contributed by atoms with Crippen molar-refractivity contribution in [2.75, 3.05) is 13.1 Å². The lowest BCUT2D eigenvalue weighted by atomic mass is 9.84. The number of carbonyl (C=O) groups excluding carboxylic acids is 1. The van der Waals surface area contributed by atoms with E-state index in [2.05, 4.69) is 18.7 Å². The molecular formula is C18H34N2O.